The van der Waals surface area contributed by atoms with Gasteiger partial charge < -0.3 is 15.2 Å². The smallest absolute Gasteiger partial charge is 0.137 e. The van der Waals surface area contributed by atoms with Crippen molar-refractivity contribution in [2.75, 3.05) is 5.32 Å². The second-order valence-corrected chi connectivity index (χ2v) is 3.42. The maximum absolute atomic E-state index is 10.6. The molecule has 0 saturated carbocycles. The van der Waals surface area contributed by atoms with Gasteiger partial charge in [0, 0.05) is 5.39 Å². The molecule has 0 spiro atoms. The van der Waals surface area contributed by atoms with Gasteiger partial charge in [-0.05, 0) is 19.1 Å². The van der Waals surface area contributed by atoms with E-state index < -0.39 is 12.0 Å². The minimum Gasteiger partial charge on any atom is -0.548 e. The first kappa shape index (κ1) is 10.4. The number of carboxylic acids is 1. The van der Waals surface area contributed by atoms with Crippen molar-refractivity contribution in [3.63, 3.8) is 0 Å². The van der Waals surface area contributed by atoms with E-state index >= 15 is 0 Å². The second-order valence-electron chi connectivity index (χ2n) is 3.42. The minimum atomic E-state index is -1.16. The van der Waals surface area contributed by atoms with Crippen LogP contribution in [-0.4, -0.2) is 22.0 Å². The number of aromatic nitrogens is 2. The monoisotopic (exact) mass is 216 g/mol. The highest BCUT2D eigenvalue weighted by atomic mass is 16.4. The third-order valence-electron chi connectivity index (χ3n) is 2.25. The van der Waals surface area contributed by atoms with E-state index in [0.717, 1.165) is 10.9 Å². The molecule has 0 saturated heterocycles. The van der Waals surface area contributed by atoms with Crippen molar-refractivity contribution in [1.29, 1.82) is 0 Å². The largest absolute Gasteiger partial charge is 0.548 e. The van der Waals surface area contributed by atoms with Gasteiger partial charge in [-0.1, -0.05) is 12.1 Å². The Morgan fingerprint density at radius 3 is 2.88 bits per heavy atom. The standard InChI is InChI=1S/C11H11N3O2/c1-7(11(15)16)14-10-8-4-2-3-5-9(8)12-6-13-10/h2-7H,1H3,(H,15,16)(H,12,13,14)/p-1/t7-/m0/s1. The third-order valence-corrected chi connectivity index (χ3v) is 2.25. The molecule has 5 heteroatoms. The van der Waals surface area contributed by atoms with E-state index in [9.17, 15) is 9.90 Å². The van der Waals surface area contributed by atoms with Gasteiger partial charge >= 0.3 is 0 Å². The lowest BCUT2D eigenvalue weighted by Crippen LogP contribution is -2.38. The quantitative estimate of drug-likeness (QED) is 0.791. The van der Waals surface area contributed by atoms with Gasteiger partial charge in [0.05, 0.1) is 17.5 Å². The zero-order chi connectivity index (χ0) is 11.5. The molecule has 16 heavy (non-hydrogen) atoms. The van der Waals surface area contributed by atoms with E-state index in [2.05, 4.69) is 15.3 Å². The van der Waals surface area contributed by atoms with E-state index in [-0.39, 0.29) is 0 Å². The van der Waals surface area contributed by atoms with Crippen molar-refractivity contribution in [3.8, 4) is 0 Å². The van der Waals surface area contributed by atoms with Gasteiger partial charge in [-0.3, -0.25) is 0 Å². The van der Waals surface area contributed by atoms with E-state index in [4.69, 9.17) is 0 Å². The number of hydrogen-bond donors (Lipinski definition) is 1. The van der Waals surface area contributed by atoms with Crippen LogP contribution in [0.25, 0.3) is 10.9 Å². The second kappa shape index (κ2) is 4.14. The summed E-state index contributed by atoms with van der Waals surface area (Å²) in [4.78, 5) is 18.7. The van der Waals surface area contributed by atoms with Crippen LogP contribution in [0, 0.1) is 0 Å². The van der Waals surface area contributed by atoms with Crippen molar-refractivity contribution in [3.05, 3.63) is 30.6 Å². The van der Waals surface area contributed by atoms with Crippen LogP contribution in [-0.2, 0) is 4.79 Å². The minimum absolute atomic E-state index is 0.502. The number of aliphatic carboxylic acids is 1. The predicted molar refractivity (Wildman–Crippen MR) is 57.6 cm³/mol. The maximum Gasteiger partial charge on any atom is 0.137 e. The Labute approximate surface area is 92.2 Å². The van der Waals surface area contributed by atoms with E-state index in [0.29, 0.717) is 5.82 Å². The lowest BCUT2D eigenvalue weighted by Gasteiger charge is -2.16. The van der Waals surface area contributed by atoms with Gasteiger partial charge in [-0.15, -0.1) is 0 Å². The molecule has 0 aliphatic carbocycles. The highest BCUT2D eigenvalue weighted by Gasteiger charge is 2.06. The van der Waals surface area contributed by atoms with Crippen LogP contribution in [0.3, 0.4) is 0 Å². The summed E-state index contributed by atoms with van der Waals surface area (Å²) in [6, 6.07) is 6.59. The molecule has 2 aromatic rings. The fourth-order valence-corrected chi connectivity index (χ4v) is 1.38. The number of nitrogens with zero attached hydrogens (tertiary/aromatic N) is 2. The molecule has 1 N–H and O–H groups in total. The van der Waals surface area contributed by atoms with E-state index in [1.807, 2.05) is 24.3 Å². The van der Waals surface area contributed by atoms with Crippen LogP contribution >= 0.6 is 0 Å². The molecule has 0 aliphatic rings. The van der Waals surface area contributed by atoms with E-state index in [1.54, 1.807) is 0 Å². The Bertz CT molecular complexity index is 522. The molecule has 1 heterocycles. The number of para-hydroxylation sites is 1. The molecule has 0 aliphatic heterocycles. The van der Waals surface area contributed by atoms with Crippen LogP contribution in [0.1, 0.15) is 6.92 Å². The fraction of sp³-hybridized carbons (Fsp3) is 0.182. The van der Waals surface area contributed by atoms with Crippen LogP contribution in [0.5, 0.6) is 0 Å². The van der Waals surface area contributed by atoms with Crippen molar-refractivity contribution >= 4 is 22.7 Å². The number of carboxylic acid groups (broad SMARTS) is 1. The summed E-state index contributed by atoms with van der Waals surface area (Å²) in [6.45, 7) is 1.51. The average Bonchev–Trinajstić information content (AvgIpc) is 2.29. The zero-order valence-electron chi connectivity index (χ0n) is 8.68. The first-order valence-corrected chi connectivity index (χ1v) is 4.85. The molecule has 1 aromatic heterocycles. The number of anilines is 1. The number of carbonyl (C=O) groups excluding carboxylic acids is 1. The zero-order valence-corrected chi connectivity index (χ0v) is 8.68. The number of benzene rings is 1. The molecular formula is C11H10N3O2-. The number of carbonyl (C=O) groups is 1. The average molecular weight is 216 g/mol. The van der Waals surface area contributed by atoms with Crippen LogP contribution < -0.4 is 10.4 Å². The summed E-state index contributed by atoms with van der Waals surface area (Å²) in [6.07, 6.45) is 1.40. The fourth-order valence-electron chi connectivity index (χ4n) is 1.38. The summed E-state index contributed by atoms with van der Waals surface area (Å²) >= 11 is 0. The normalized spacial score (nSPS) is 12.3. The highest BCUT2D eigenvalue weighted by Crippen LogP contribution is 2.18. The number of rotatable bonds is 3. The Kier molecular flexibility index (Phi) is 2.68. The molecule has 0 amide bonds. The Hall–Kier alpha value is -2.17. The molecule has 0 radical (unpaired) electrons. The molecule has 0 unspecified atom stereocenters. The third kappa shape index (κ3) is 1.93. The van der Waals surface area contributed by atoms with Gasteiger partial charge in [0.15, 0.2) is 0 Å². The molecule has 82 valence electrons. The van der Waals surface area contributed by atoms with Crippen molar-refractivity contribution < 1.29 is 9.90 Å². The lowest BCUT2D eigenvalue weighted by atomic mass is 10.2. The summed E-state index contributed by atoms with van der Waals surface area (Å²) in [7, 11) is 0. The number of fused-ring (bicyclic) bond motifs is 1. The molecule has 0 fully saturated rings. The molecule has 2 rings (SSSR count). The van der Waals surface area contributed by atoms with Gasteiger partial charge in [0.2, 0.25) is 0 Å². The van der Waals surface area contributed by atoms with Crippen molar-refractivity contribution in [1.82, 2.24) is 9.97 Å². The van der Waals surface area contributed by atoms with Crippen molar-refractivity contribution in [2.24, 2.45) is 0 Å². The first-order chi connectivity index (χ1) is 7.68. The Morgan fingerprint density at radius 1 is 1.38 bits per heavy atom. The SMILES string of the molecule is C[C@H](Nc1ncnc2ccccc12)C(=O)[O-]. The molecule has 5 nitrogen and oxygen atoms in total. The molecule has 1 aromatic carbocycles. The lowest BCUT2D eigenvalue weighted by molar-refractivity contribution is -0.306. The number of hydrogen-bond acceptors (Lipinski definition) is 5. The van der Waals surface area contributed by atoms with Gasteiger partial charge in [-0.2, -0.15) is 0 Å². The van der Waals surface area contributed by atoms with Gasteiger partial charge in [0.25, 0.3) is 0 Å². The van der Waals surface area contributed by atoms with Gasteiger partial charge in [-0.25, -0.2) is 9.97 Å². The number of nitrogens with one attached hydrogen (secondary N) is 1. The topological polar surface area (TPSA) is 77.9 Å². The highest BCUT2D eigenvalue weighted by molar-refractivity contribution is 5.90. The van der Waals surface area contributed by atoms with Crippen LogP contribution in [0.15, 0.2) is 30.6 Å². The van der Waals surface area contributed by atoms with Crippen molar-refractivity contribution in [2.45, 2.75) is 13.0 Å². The molecule has 1 atom stereocenters. The first-order valence-electron chi connectivity index (χ1n) is 4.85. The Morgan fingerprint density at radius 2 is 2.12 bits per heavy atom. The summed E-state index contributed by atoms with van der Waals surface area (Å²) in [5.74, 6) is -0.662. The summed E-state index contributed by atoms with van der Waals surface area (Å²) in [5.41, 5.74) is 0.769. The maximum atomic E-state index is 10.6. The Balaban J connectivity index is 2.41. The van der Waals surface area contributed by atoms with E-state index in [1.165, 1.54) is 13.3 Å². The van der Waals surface area contributed by atoms with Crippen LogP contribution in [0.2, 0.25) is 0 Å². The van der Waals surface area contributed by atoms with Crippen LogP contribution in [0.4, 0.5) is 5.82 Å². The summed E-state index contributed by atoms with van der Waals surface area (Å²) in [5, 5.41) is 14.2. The van der Waals surface area contributed by atoms with Gasteiger partial charge in [0.1, 0.15) is 12.1 Å². The predicted octanol–water partition coefficient (Wildman–Crippen LogP) is 0.180. The summed E-state index contributed by atoms with van der Waals surface area (Å²) < 4.78 is 0. The molecule has 0 bridgehead atoms. The molecular weight excluding hydrogens is 206 g/mol.